The number of aliphatic carboxylic acids is 1. The molecule has 7 nitrogen and oxygen atoms in total. The predicted molar refractivity (Wildman–Crippen MR) is 110 cm³/mol. The Labute approximate surface area is 192 Å². The van der Waals surface area contributed by atoms with Crippen molar-refractivity contribution in [2.75, 3.05) is 0 Å². The SMILES string of the molecule is O=C(O)Cc1c[nH]c2ccc(OCc3nn(-c4ccc(C(F)(F)F)cc4)nc3CC(F)(F)F)cc12. The molecule has 0 spiro atoms. The van der Waals surface area contributed by atoms with E-state index < -0.39 is 42.6 Å². The van der Waals surface area contributed by atoms with E-state index in [4.69, 9.17) is 9.84 Å². The number of hydrogen-bond acceptors (Lipinski definition) is 4. The van der Waals surface area contributed by atoms with E-state index in [9.17, 15) is 31.1 Å². The summed E-state index contributed by atoms with van der Waals surface area (Å²) in [6.45, 7) is -0.407. The molecule has 4 aromatic rings. The van der Waals surface area contributed by atoms with E-state index in [0.717, 1.165) is 29.1 Å². The van der Waals surface area contributed by atoms with Crippen LogP contribution in [0.25, 0.3) is 16.6 Å². The van der Waals surface area contributed by atoms with Gasteiger partial charge in [0.1, 0.15) is 18.1 Å². The molecule has 0 amide bonds. The highest BCUT2D eigenvalue weighted by atomic mass is 19.4. The summed E-state index contributed by atoms with van der Waals surface area (Å²) in [6.07, 6.45) is -9.28. The van der Waals surface area contributed by atoms with Crippen LogP contribution in [0.15, 0.2) is 48.7 Å². The van der Waals surface area contributed by atoms with Gasteiger partial charge in [-0.3, -0.25) is 4.79 Å². The zero-order valence-corrected chi connectivity index (χ0v) is 17.6. The molecule has 2 heterocycles. The first-order valence-corrected chi connectivity index (χ1v) is 10.0. The number of aromatic amines is 1. The molecule has 0 aliphatic rings. The Balaban J connectivity index is 1.60. The Morgan fingerprint density at radius 1 is 1.00 bits per heavy atom. The average molecular weight is 498 g/mol. The van der Waals surface area contributed by atoms with Gasteiger partial charge in [0.25, 0.3) is 0 Å². The van der Waals surface area contributed by atoms with Gasteiger partial charge in [-0.25, -0.2) is 0 Å². The van der Waals surface area contributed by atoms with Crippen molar-refractivity contribution in [2.45, 2.75) is 31.8 Å². The molecule has 4 rings (SSSR count). The van der Waals surface area contributed by atoms with Crippen molar-refractivity contribution in [1.82, 2.24) is 20.0 Å². The van der Waals surface area contributed by atoms with Gasteiger partial charge < -0.3 is 14.8 Å². The monoisotopic (exact) mass is 498 g/mol. The topological polar surface area (TPSA) is 93.0 Å². The lowest BCUT2D eigenvalue weighted by atomic mass is 10.1. The molecule has 13 heteroatoms. The summed E-state index contributed by atoms with van der Waals surface area (Å²) in [7, 11) is 0. The number of aromatic nitrogens is 4. The van der Waals surface area contributed by atoms with E-state index in [1.807, 2.05) is 0 Å². The van der Waals surface area contributed by atoms with Crippen LogP contribution in [0.3, 0.4) is 0 Å². The van der Waals surface area contributed by atoms with Crippen LogP contribution in [0.1, 0.15) is 22.5 Å². The maximum atomic E-state index is 13.1. The Kier molecular flexibility index (Phi) is 6.17. The summed E-state index contributed by atoms with van der Waals surface area (Å²) in [5, 5.41) is 17.4. The fourth-order valence-corrected chi connectivity index (χ4v) is 3.41. The minimum atomic E-state index is -4.61. The molecule has 184 valence electrons. The molecule has 0 aliphatic carbocycles. The number of benzene rings is 2. The smallest absolute Gasteiger partial charge is 0.416 e. The minimum Gasteiger partial charge on any atom is -0.487 e. The molecular formula is C22H16F6N4O3. The molecule has 0 bridgehead atoms. The highest BCUT2D eigenvalue weighted by Crippen LogP contribution is 2.30. The molecule has 0 radical (unpaired) electrons. The first-order chi connectivity index (χ1) is 16.4. The van der Waals surface area contributed by atoms with Gasteiger partial charge in [0, 0.05) is 17.1 Å². The molecule has 0 saturated carbocycles. The minimum absolute atomic E-state index is 0.0414. The standard InChI is InChI=1S/C22H16F6N4O3/c23-21(24,25)9-18-19(31-32(30-18)14-3-1-13(2-4-14)22(26,27)28)11-35-15-5-6-17-16(8-15)12(10-29-17)7-20(33)34/h1-6,8,10,29H,7,9,11H2,(H,33,34). The number of hydrogen-bond donors (Lipinski definition) is 2. The fourth-order valence-electron chi connectivity index (χ4n) is 3.41. The number of rotatable bonds is 7. The summed E-state index contributed by atoms with van der Waals surface area (Å²) in [5.41, 5.74) is -0.313. The summed E-state index contributed by atoms with van der Waals surface area (Å²) < 4.78 is 83.2. The van der Waals surface area contributed by atoms with Crippen LogP contribution in [0.4, 0.5) is 26.3 Å². The van der Waals surface area contributed by atoms with Crippen LogP contribution >= 0.6 is 0 Å². The lowest BCUT2D eigenvalue weighted by Crippen LogP contribution is -2.14. The maximum absolute atomic E-state index is 13.1. The Hall–Kier alpha value is -4.03. The number of H-pyrrole nitrogens is 1. The van der Waals surface area contributed by atoms with Crippen LogP contribution in [-0.4, -0.2) is 37.2 Å². The van der Waals surface area contributed by atoms with E-state index in [0.29, 0.717) is 16.5 Å². The first kappa shape index (κ1) is 24.1. The maximum Gasteiger partial charge on any atom is 0.416 e. The van der Waals surface area contributed by atoms with Gasteiger partial charge in [0.05, 0.1) is 29.8 Å². The zero-order chi connectivity index (χ0) is 25.4. The number of ether oxygens (including phenoxy) is 1. The van der Waals surface area contributed by atoms with Crippen molar-refractivity contribution in [2.24, 2.45) is 0 Å². The Morgan fingerprint density at radius 2 is 1.69 bits per heavy atom. The summed E-state index contributed by atoms with van der Waals surface area (Å²) in [4.78, 5) is 14.8. The number of nitrogens with zero attached hydrogens (tertiary/aromatic N) is 3. The predicted octanol–water partition coefficient (Wildman–Crippen LogP) is 5.08. The summed E-state index contributed by atoms with van der Waals surface area (Å²) >= 11 is 0. The lowest BCUT2D eigenvalue weighted by Gasteiger charge is -2.07. The van der Waals surface area contributed by atoms with Gasteiger partial charge in [-0.1, -0.05) is 0 Å². The fraction of sp³-hybridized carbons (Fsp3) is 0.227. The molecular weight excluding hydrogens is 482 g/mol. The second-order valence-corrected chi connectivity index (χ2v) is 7.60. The van der Waals surface area contributed by atoms with Crippen molar-refractivity contribution in [3.63, 3.8) is 0 Å². The van der Waals surface area contributed by atoms with Crippen LogP contribution in [0, 0.1) is 0 Å². The molecule has 0 unspecified atom stereocenters. The van der Waals surface area contributed by atoms with Crippen molar-refractivity contribution in [3.8, 4) is 11.4 Å². The van der Waals surface area contributed by atoms with Crippen molar-refractivity contribution in [3.05, 3.63) is 71.2 Å². The molecule has 0 fully saturated rings. The first-order valence-electron chi connectivity index (χ1n) is 10.0. The highest BCUT2D eigenvalue weighted by molar-refractivity contribution is 5.88. The van der Waals surface area contributed by atoms with Gasteiger partial charge in [0.15, 0.2) is 0 Å². The number of alkyl halides is 6. The molecule has 0 aliphatic heterocycles. The van der Waals surface area contributed by atoms with Crippen LogP contribution in [0.2, 0.25) is 0 Å². The van der Waals surface area contributed by atoms with Crippen LogP contribution < -0.4 is 4.74 Å². The lowest BCUT2D eigenvalue weighted by molar-refractivity contribution is -0.138. The van der Waals surface area contributed by atoms with Gasteiger partial charge in [0.2, 0.25) is 0 Å². The van der Waals surface area contributed by atoms with Crippen LogP contribution in [0.5, 0.6) is 5.75 Å². The third-order valence-corrected chi connectivity index (χ3v) is 5.01. The van der Waals surface area contributed by atoms with Gasteiger partial charge in [-0.15, -0.1) is 5.10 Å². The quantitative estimate of drug-likeness (QED) is 0.347. The van der Waals surface area contributed by atoms with Gasteiger partial charge in [-0.2, -0.15) is 36.2 Å². The number of carboxylic acids is 1. The van der Waals surface area contributed by atoms with E-state index in [1.165, 1.54) is 0 Å². The van der Waals surface area contributed by atoms with Crippen molar-refractivity contribution < 1.29 is 41.0 Å². The van der Waals surface area contributed by atoms with Gasteiger partial charge in [-0.05, 0) is 48.0 Å². The number of carboxylic acid groups (broad SMARTS) is 1. The zero-order valence-electron chi connectivity index (χ0n) is 17.6. The number of fused-ring (bicyclic) bond motifs is 1. The number of carbonyl (C=O) groups is 1. The summed E-state index contributed by atoms with van der Waals surface area (Å²) in [5.74, 6) is -0.778. The highest BCUT2D eigenvalue weighted by Gasteiger charge is 2.32. The van der Waals surface area contributed by atoms with E-state index in [1.54, 1.807) is 24.4 Å². The molecule has 2 aromatic heterocycles. The molecule has 0 atom stereocenters. The van der Waals surface area contributed by atoms with Crippen LogP contribution in [-0.2, 0) is 30.4 Å². The van der Waals surface area contributed by atoms with Crippen molar-refractivity contribution in [1.29, 1.82) is 0 Å². The normalized spacial score (nSPS) is 12.3. The third kappa shape index (κ3) is 5.73. The molecule has 35 heavy (non-hydrogen) atoms. The van der Waals surface area contributed by atoms with E-state index in [-0.39, 0.29) is 23.6 Å². The number of nitrogens with one attached hydrogen (secondary N) is 1. The Bertz CT molecular complexity index is 1360. The molecule has 0 saturated heterocycles. The third-order valence-electron chi connectivity index (χ3n) is 5.01. The summed E-state index contributed by atoms with van der Waals surface area (Å²) in [6, 6.07) is 8.38. The average Bonchev–Trinajstić information content (AvgIpc) is 3.34. The van der Waals surface area contributed by atoms with Gasteiger partial charge >= 0.3 is 18.3 Å². The van der Waals surface area contributed by atoms with E-state index in [2.05, 4.69) is 15.2 Å². The second-order valence-electron chi connectivity index (χ2n) is 7.60. The van der Waals surface area contributed by atoms with Crippen molar-refractivity contribution >= 4 is 16.9 Å². The van der Waals surface area contributed by atoms with E-state index >= 15 is 0 Å². The molecule has 2 aromatic carbocycles. The number of halogens is 6. The molecule has 2 N–H and O–H groups in total. The second kappa shape index (κ2) is 8.96. The Morgan fingerprint density at radius 3 is 2.31 bits per heavy atom. The largest absolute Gasteiger partial charge is 0.487 e.